The Hall–Kier alpha value is -0.680. The van der Waals surface area contributed by atoms with Gasteiger partial charge in [0.15, 0.2) is 13.3 Å². The van der Waals surface area contributed by atoms with Gasteiger partial charge in [-0.2, -0.15) is 17.6 Å². The Morgan fingerprint density at radius 2 is 1.10 bits per heavy atom. The second kappa shape index (κ2) is 7.93. The molecule has 11 heteroatoms. The lowest BCUT2D eigenvalue weighted by molar-refractivity contribution is -0.229. The topological polar surface area (TPSA) is 38.7 Å². The first-order valence-corrected chi connectivity index (χ1v) is 5.13. The van der Waals surface area contributed by atoms with Crippen molar-refractivity contribution in [2.24, 2.45) is 0 Å². The largest absolute Gasteiger partial charge is 0.388 e. The lowest BCUT2D eigenvalue weighted by Crippen LogP contribution is -2.39. The van der Waals surface area contributed by atoms with Gasteiger partial charge in [0.05, 0.1) is 13.2 Å². The first kappa shape index (κ1) is 19.3. The van der Waals surface area contributed by atoms with Crippen LogP contribution in [0.4, 0.5) is 35.1 Å². The van der Waals surface area contributed by atoms with Crippen molar-refractivity contribution in [1.29, 1.82) is 0 Å². The van der Waals surface area contributed by atoms with Crippen molar-refractivity contribution >= 4 is 0 Å². The predicted octanol–water partition coefficient (Wildman–Crippen LogP) is 2.18. The molecule has 0 bridgehead atoms. The van der Waals surface area contributed by atoms with Crippen molar-refractivity contribution in [2.45, 2.75) is 30.7 Å². The highest BCUT2D eigenvalue weighted by Gasteiger charge is 2.43. The van der Waals surface area contributed by atoms with E-state index in [1.54, 1.807) is 0 Å². The third-order valence-corrected chi connectivity index (χ3v) is 1.89. The number of ether oxygens (including phenoxy) is 2. The maximum Gasteiger partial charge on any atom is 0.330 e. The molecular formula is C9H12F8O3. The summed E-state index contributed by atoms with van der Waals surface area (Å²) >= 11 is 0. The van der Waals surface area contributed by atoms with Gasteiger partial charge in [-0.3, -0.25) is 0 Å². The highest BCUT2D eigenvalue weighted by Crippen LogP contribution is 2.24. The molecule has 0 aromatic rings. The molecule has 0 rings (SSSR count). The van der Waals surface area contributed by atoms with E-state index in [9.17, 15) is 35.1 Å². The predicted molar refractivity (Wildman–Crippen MR) is 49.5 cm³/mol. The molecule has 0 aliphatic carbocycles. The van der Waals surface area contributed by atoms with Gasteiger partial charge in [-0.05, 0) is 0 Å². The van der Waals surface area contributed by atoms with E-state index in [2.05, 4.69) is 9.47 Å². The van der Waals surface area contributed by atoms with E-state index in [-0.39, 0.29) is 0 Å². The van der Waals surface area contributed by atoms with Crippen LogP contribution in [0.3, 0.4) is 0 Å². The van der Waals surface area contributed by atoms with Gasteiger partial charge in [-0.25, -0.2) is 17.6 Å². The Balaban J connectivity index is 4.04. The van der Waals surface area contributed by atoms with E-state index in [4.69, 9.17) is 5.11 Å². The van der Waals surface area contributed by atoms with Crippen LogP contribution in [0.15, 0.2) is 0 Å². The van der Waals surface area contributed by atoms with Gasteiger partial charge in [0, 0.05) is 0 Å². The standard InChI is InChI=1S/C9H12F8O3/c10-3-8(14,15)6(12)19-1-5(18)2-20-7(13)9(16,17)4-11/h5-7,18H,1-4H2. The summed E-state index contributed by atoms with van der Waals surface area (Å²) in [5, 5.41) is 8.96. The summed E-state index contributed by atoms with van der Waals surface area (Å²) in [4.78, 5) is 0. The maximum absolute atomic E-state index is 12.6. The number of aliphatic hydroxyl groups is 1. The molecule has 2 atom stereocenters. The van der Waals surface area contributed by atoms with Crippen molar-refractivity contribution in [1.82, 2.24) is 0 Å². The fourth-order valence-electron chi connectivity index (χ4n) is 0.804. The normalized spacial score (nSPS) is 17.9. The molecule has 0 aromatic carbocycles. The van der Waals surface area contributed by atoms with Crippen molar-refractivity contribution in [2.75, 3.05) is 26.6 Å². The molecule has 0 aliphatic rings. The molecule has 0 saturated carbocycles. The zero-order valence-electron chi connectivity index (χ0n) is 9.85. The van der Waals surface area contributed by atoms with Gasteiger partial charge in [0.25, 0.3) is 12.7 Å². The lowest BCUT2D eigenvalue weighted by Gasteiger charge is -2.21. The van der Waals surface area contributed by atoms with Gasteiger partial charge in [0.2, 0.25) is 0 Å². The number of rotatable bonds is 10. The third-order valence-electron chi connectivity index (χ3n) is 1.89. The Morgan fingerprint density at radius 3 is 1.35 bits per heavy atom. The molecule has 0 heterocycles. The average molecular weight is 320 g/mol. The zero-order chi connectivity index (χ0) is 16.0. The summed E-state index contributed by atoms with van der Waals surface area (Å²) in [5.74, 6) is -8.88. The Kier molecular flexibility index (Phi) is 7.66. The van der Waals surface area contributed by atoms with Crippen molar-refractivity contribution in [3.05, 3.63) is 0 Å². The average Bonchev–Trinajstić information content (AvgIpc) is 2.41. The van der Waals surface area contributed by atoms with Gasteiger partial charge in [0.1, 0.15) is 6.10 Å². The molecule has 1 N–H and O–H groups in total. The van der Waals surface area contributed by atoms with Crippen molar-refractivity contribution < 1.29 is 49.7 Å². The summed E-state index contributed by atoms with van der Waals surface area (Å²) in [5.41, 5.74) is 0. The number of alkyl halides is 8. The molecule has 0 aromatic heterocycles. The molecule has 3 nitrogen and oxygen atoms in total. The minimum Gasteiger partial charge on any atom is -0.388 e. The van der Waals surface area contributed by atoms with Gasteiger partial charge < -0.3 is 14.6 Å². The number of aliphatic hydroxyl groups excluding tert-OH is 1. The fraction of sp³-hybridized carbons (Fsp3) is 1.00. The molecular weight excluding hydrogens is 308 g/mol. The minimum absolute atomic E-state index is 1.19. The maximum atomic E-state index is 12.6. The first-order chi connectivity index (χ1) is 9.06. The summed E-state index contributed by atoms with van der Waals surface area (Å²) in [7, 11) is 0. The lowest BCUT2D eigenvalue weighted by atomic mass is 10.3. The Bertz CT molecular complexity index is 252. The van der Waals surface area contributed by atoms with Crippen LogP contribution in [0.1, 0.15) is 0 Å². The molecule has 0 radical (unpaired) electrons. The second-order valence-electron chi connectivity index (χ2n) is 3.74. The SMILES string of the molecule is OC(COC(F)C(F)(F)CF)COC(F)C(F)(F)CF. The van der Waals surface area contributed by atoms with E-state index in [0.29, 0.717) is 0 Å². The van der Waals surface area contributed by atoms with Crippen LogP contribution in [0.25, 0.3) is 0 Å². The van der Waals surface area contributed by atoms with Crippen LogP contribution in [-0.4, -0.2) is 62.3 Å². The smallest absolute Gasteiger partial charge is 0.330 e. The third kappa shape index (κ3) is 6.18. The van der Waals surface area contributed by atoms with E-state index in [1.807, 2.05) is 0 Å². The molecule has 0 aliphatic heterocycles. The molecule has 122 valence electrons. The van der Waals surface area contributed by atoms with Crippen LogP contribution in [0.2, 0.25) is 0 Å². The van der Waals surface area contributed by atoms with Crippen LogP contribution < -0.4 is 0 Å². The first-order valence-electron chi connectivity index (χ1n) is 5.13. The number of halogens is 8. The summed E-state index contributed by atoms with van der Waals surface area (Å²) in [6, 6.07) is 0. The zero-order valence-corrected chi connectivity index (χ0v) is 9.85. The van der Waals surface area contributed by atoms with Crippen LogP contribution in [-0.2, 0) is 9.47 Å². The molecule has 0 fully saturated rings. The monoisotopic (exact) mass is 320 g/mol. The van der Waals surface area contributed by atoms with E-state index in [1.165, 1.54) is 0 Å². The summed E-state index contributed by atoms with van der Waals surface area (Å²) in [6.07, 6.45) is -8.71. The number of hydrogen-bond donors (Lipinski definition) is 1. The fourth-order valence-corrected chi connectivity index (χ4v) is 0.804. The summed E-state index contributed by atoms with van der Waals surface area (Å²) in [6.45, 7) is -7.08. The van der Waals surface area contributed by atoms with Gasteiger partial charge >= 0.3 is 11.8 Å². The highest BCUT2D eigenvalue weighted by molar-refractivity contribution is 4.70. The molecule has 0 amide bonds. The summed E-state index contributed by atoms with van der Waals surface area (Å²) < 4.78 is 105. The second-order valence-corrected chi connectivity index (χ2v) is 3.74. The van der Waals surface area contributed by atoms with E-state index in [0.717, 1.165) is 0 Å². The Labute approximate surface area is 108 Å². The van der Waals surface area contributed by atoms with E-state index >= 15 is 0 Å². The van der Waals surface area contributed by atoms with Gasteiger partial charge in [-0.15, -0.1) is 0 Å². The molecule has 2 unspecified atom stereocenters. The van der Waals surface area contributed by atoms with Crippen LogP contribution in [0.5, 0.6) is 0 Å². The quantitative estimate of drug-likeness (QED) is 0.627. The van der Waals surface area contributed by atoms with Crippen LogP contribution in [0, 0.1) is 0 Å². The molecule has 0 saturated heterocycles. The number of hydrogen-bond acceptors (Lipinski definition) is 3. The minimum atomic E-state index is -4.44. The Morgan fingerprint density at radius 1 is 0.800 bits per heavy atom. The van der Waals surface area contributed by atoms with Crippen molar-refractivity contribution in [3.8, 4) is 0 Å². The van der Waals surface area contributed by atoms with Crippen molar-refractivity contribution in [3.63, 3.8) is 0 Å². The molecule has 0 spiro atoms. The molecule has 20 heavy (non-hydrogen) atoms. The highest BCUT2D eigenvalue weighted by atomic mass is 19.3. The van der Waals surface area contributed by atoms with Gasteiger partial charge in [-0.1, -0.05) is 0 Å². The van der Waals surface area contributed by atoms with Crippen LogP contribution >= 0.6 is 0 Å². The van der Waals surface area contributed by atoms with E-state index < -0.39 is 57.2 Å².